The van der Waals surface area contributed by atoms with Crippen molar-refractivity contribution in [2.45, 2.75) is 127 Å². The summed E-state index contributed by atoms with van der Waals surface area (Å²) in [5.74, 6) is -1.02. The number of sulfone groups is 1. The third-order valence-corrected chi connectivity index (χ3v) is 12.9. The number of benzene rings is 1. The summed E-state index contributed by atoms with van der Waals surface area (Å²) in [5, 5.41) is 11.0. The normalized spacial score (nSPS) is 17.3. The lowest BCUT2D eigenvalue weighted by Crippen LogP contribution is -2.63. The number of rotatable bonds is 17. The number of urea groups is 1. The van der Waals surface area contributed by atoms with Crippen LogP contribution in [0.3, 0.4) is 0 Å². The van der Waals surface area contributed by atoms with Crippen molar-refractivity contribution in [2.75, 3.05) is 18.8 Å². The van der Waals surface area contributed by atoms with Crippen LogP contribution in [0.15, 0.2) is 36.9 Å². The van der Waals surface area contributed by atoms with Crippen molar-refractivity contribution >= 4 is 39.4 Å². The van der Waals surface area contributed by atoms with E-state index in [0.29, 0.717) is 32.1 Å². The number of fused-ring (bicyclic) bond motifs is 1. The second-order valence-electron chi connectivity index (χ2n) is 15.1. The van der Waals surface area contributed by atoms with E-state index in [-0.39, 0.29) is 37.6 Å². The zero-order valence-corrected chi connectivity index (χ0v) is 32.2. The fraction of sp³-hybridized carbons (Fsp3) is 0.615. The Morgan fingerprint density at radius 1 is 1.06 bits per heavy atom. The second kappa shape index (κ2) is 18.5. The summed E-state index contributed by atoms with van der Waals surface area (Å²) in [6.07, 6.45) is 12.0. The van der Waals surface area contributed by atoms with Crippen LogP contribution in [-0.2, 0) is 41.9 Å². The number of amides is 5. The Kier molecular flexibility index (Phi) is 15.1. The molecule has 286 valence electrons. The van der Waals surface area contributed by atoms with Gasteiger partial charge < -0.3 is 26.2 Å². The number of nitrogens with one attached hydrogen (secondary N) is 4. The van der Waals surface area contributed by atoms with Gasteiger partial charge in [-0.2, -0.15) is 0 Å². The van der Waals surface area contributed by atoms with Gasteiger partial charge in [-0.3, -0.25) is 19.2 Å². The van der Waals surface area contributed by atoms with Crippen molar-refractivity contribution in [2.24, 2.45) is 5.92 Å². The second-order valence-corrected chi connectivity index (χ2v) is 17.8. The van der Waals surface area contributed by atoms with E-state index in [1.54, 1.807) is 20.8 Å². The van der Waals surface area contributed by atoms with Crippen molar-refractivity contribution in [3.63, 3.8) is 0 Å². The lowest BCUT2D eigenvalue weighted by molar-refractivity contribution is -0.144. The van der Waals surface area contributed by atoms with Gasteiger partial charge in [0.15, 0.2) is 9.84 Å². The number of Topliss-reactive ketones (excluding diaryl/α,β-unsaturated/α-hetero) is 1. The van der Waals surface area contributed by atoms with Gasteiger partial charge in [0, 0.05) is 19.5 Å². The number of hydrogen-bond donors (Lipinski definition) is 4. The molecule has 1 aromatic carbocycles. The van der Waals surface area contributed by atoms with Crippen LogP contribution in [0.25, 0.3) is 0 Å². The molecule has 1 unspecified atom stereocenters. The van der Waals surface area contributed by atoms with E-state index in [1.165, 1.54) is 17.9 Å². The minimum atomic E-state index is -3.60. The van der Waals surface area contributed by atoms with E-state index in [4.69, 9.17) is 6.42 Å². The van der Waals surface area contributed by atoms with Crippen molar-refractivity contribution in [3.8, 4) is 12.3 Å². The lowest BCUT2D eigenvalue weighted by Gasteiger charge is -2.40. The maximum Gasteiger partial charge on any atom is 0.315 e. The predicted molar refractivity (Wildman–Crippen MR) is 202 cm³/mol. The summed E-state index contributed by atoms with van der Waals surface area (Å²) in [5.41, 5.74) is 1.13. The number of hydrogen-bond acceptors (Lipinski definition) is 7. The summed E-state index contributed by atoms with van der Waals surface area (Å²) in [7, 11) is -3.60. The van der Waals surface area contributed by atoms with Crippen LogP contribution in [0.4, 0.5) is 4.79 Å². The van der Waals surface area contributed by atoms with Gasteiger partial charge in [0.25, 0.3) is 5.91 Å². The Hall–Kier alpha value is -4.18. The molecule has 3 atom stereocenters. The van der Waals surface area contributed by atoms with Crippen molar-refractivity contribution in [1.82, 2.24) is 26.2 Å². The smallest absolute Gasteiger partial charge is 0.315 e. The van der Waals surface area contributed by atoms with Crippen molar-refractivity contribution in [3.05, 3.63) is 48.0 Å². The van der Waals surface area contributed by atoms with E-state index < -0.39 is 67.8 Å². The largest absolute Gasteiger partial charge is 0.346 e. The van der Waals surface area contributed by atoms with Gasteiger partial charge in [-0.05, 0) is 83.3 Å². The van der Waals surface area contributed by atoms with E-state index >= 15 is 0 Å². The van der Waals surface area contributed by atoms with E-state index in [1.807, 2.05) is 31.2 Å². The van der Waals surface area contributed by atoms with Crippen LogP contribution in [0.2, 0.25) is 0 Å². The molecule has 0 aromatic heterocycles. The van der Waals surface area contributed by atoms with Crippen LogP contribution in [0.5, 0.6) is 0 Å². The van der Waals surface area contributed by atoms with Crippen LogP contribution in [0.1, 0.15) is 97.1 Å². The maximum absolute atomic E-state index is 14.6. The Morgan fingerprint density at radius 3 is 2.21 bits per heavy atom. The monoisotopic (exact) mass is 739 g/mol. The van der Waals surface area contributed by atoms with E-state index in [2.05, 4.69) is 33.8 Å². The average Bonchev–Trinajstić information content (AvgIpc) is 3.53. The van der Waals surface area contributed by atoms with Gasteiger partial charge in [-0.25, -0.2) is 13.2 Å². The summed E-state index contributed by atoms with van der Waals surface area (Å²) < 4.78 is 25.8. The molecule has 3 rings (SSSR count). The van der Waals surface area contributed by atoms with Crippen molar-refractivity contribution < 1.29 is 32.4 Å². The average molecular weight is 740 g/mol. The van der Waals surface area contributed by atoms with Crippen LogP contribution in [0, 0.1) is 18.3 Å². The molecule has 1 saturated carbocycles. The van der Waals surface area contributed by atoms with Crippen LogP contribution in [-0.4, -0.2) is 90.1 Å². The van der Waals surface area contributed by atoms with E-state index in [9.17, 15) is 32.4 Å². The highest BCUT2D eigenvalue weighted by molar-refractivity contribution is 7.92. The van der Waals surface area contributed by atoms with Crippen molar-refractivity contribution in [1.29, 1.82) is 0 Å². The Labute approximate surface area is 309 Å². The highest BCUT2D eigenvalue weighted by atomic mass is 32.2. The summed E-state index contributed by atoms with van der Waals surface area (Å²) in [6, 6.07) is 3.83. The molecule has 13 heteroatoms. The first-order valence-corrected chi connectivity index (χ1v) is 20.0. The molecule has 2 aliphatic rings. The fourth-order valence-corrected chi connectivity index (χ4v) is 8.52. The molecule has 2 aliphatic carbocycles. The molecule has 0 spiro atoms. The molecule has 1 fully saturated rings. The molecular formula is C39H57N5O7S. The van der Waals surface area contributed by atoms with Crippen LogP contribution >= 0.6 is 0 Å². The van der Waals surface area contributed by atoms with Gasteiger partial charge in [0.1, 0.15) is 12.1 Å². The fourth-order valence-electron chi connectivity index (χ4n) is 7.00. The molecule has 0 radical (unpaired) electrons. The first-order valence-electron chi connectivity index (χ1n) is 18.3. The minimum absolute atomic E-state index is 0.0222. The third-order valence-electron chi connectivity index (χ3n) is 10.1. The molecule has 0 aliphatic heterocycles. The zero-order chi connectivity index (χ0) is 38.7. The molecule has 0 heterocycles. The molecule has 12 nitrogen and oxygen atoms in total. The first kappa shape index (κ1) is 42.2. The van der Waals surface area contributed by atoms with Gasteiger partial charge >= 0.3 is 6.03 Å². The molecule has 52 heavy (non-hydrogen) atoms. The van der Waals surface area contributed by atoms with Gasteiger partial charge in [0.2, 0.25) is 17.6 Å². The quantitative estimate of drug-likeness (QED) is 0.108. The third kappa shape index (κ3) is 10.9. The number of nitrogens with zero attached hydrogens (tertiary/aromatic N) is 1. The number of carbonyl (C=O) groups is 5. The molecular weight excluding hydrogens is 683 g/mol. The molecule has 0 bridgehead atoms. The SMILES string of the molecule is C#CCCC(NC(=O)[C@H](C)N(CCC)C(=O)[C@@H](NC(=O)NC1(CS(=O)(=O)C(C)(C)C)CCCCC1)C1Cc2ccccc2C1)C(=O)C(=O)NCC=C. The Bertz CT molecular complexity index is 1600. The molecule has 0 saturated heterocycles. The standard InChI is InChI=1S/C39H57N5O7S/c1-8-11-19-31(33(45)35(47)40-22-9-2)41-34(46)27(4)44(23-10-3)36(48)32(30-24-28-17-13-14-18-29(28)25-30)42-37(49)43-39(20-15-12-16-21-39)26-52(50,51)38(5,6)7/h1,9,13-14,17-18,27,30-32H,2,10-12,15-16,19-26H2,3-7H3,(H,40,47)(H,41,46)(H2,42,43,49)/t27-,31?,32-/m0/s1. The lowest BCUT2D eigenvalue weighted by atomic mass is 9.83. The molecule has 5 amide bonds. The Balaban J connectivity index is 1.91. The maximum atomic E-state index is 14.6. The first-order chi connectivity index (χ1) is 24.5. The number of terminal acetylenes is 1. The number of carbonyl (C=O) groups excluding carboxylic acids is 5. The van der Waals surface area contributed by atoms with Gasteiger partial charge in [-0.15, -0.1) is 18.9 Å². The zero-order valence-electron chi connectivity index (χ0n) is 31.4. The van der Waals surface area contributed by atoms with E-state index in [0.717, 1.165) is 30.4 Å². The highest BCUT2D eigenvalue weighted by Crippen LogP contribution is 2.33. The molecule has 4 N–H and O–H groups in total. The highest BCUT2D eigenvalue weighted by Gasteiger charge is 2.44. The predicted octanol–water partition coefficient (Wildman–Crippen LogP) is 3.38. The van der Waals surface area contributed by atoms with Gasteiger partial charge in [0.05, 0.1) is 22.1 Å². The topological polar surface area (TPSA) is 171 Å². The summed E-state index contributed by atoms with van der Waals surface area (Å²) in [4.78, 5) is 69.2. The summed E-state index contributed by atoms with van der Waals surface area (Å²) >= 11 is 0. The summed E-state index contributed by atoms with van der Waals surface area (Å²) in [6.45, 7) is 12.1. The molecule has 1 aromatic rings. The Morgan fingerprint density at radius 2 is 1.67 bits per heavy atom. The minimum Gasteiger partial charge on any atom is -0.346 e. The number of ketones is 1. The van der Waals surface area contributed by atoms with Gasteiger partial charge in [-0.1, -0.05) is 56.5 Å². The van der Waals surface area contributed by atoms with Crippen LogP contribution < -0.4 is 21.3 Å².